The smallest absolute Gasteiger partial charge is 0.262 e. The van der Waals surface area contributed by atoms with E-state index < -0.39 is 5.91 Å². The highest BCUT2D eigenvalue weighted by atomic mass is 16.5. The van der Waals surface area contributed by atoms with Gasteiger partial charge in [-0.1, -0.05) is 0 Å². The van der Waals surface area contributed by atoms with Crippen molar-refractivity contribution in [2.45, 2.75) is 6.61 Å². The lowest BCUT2D eigenvalue weighted by Crippen LogP contribution is -2.27. The minimum atomic E-state index is -0.639. The zero-order chi connectivity index (χ0) is 13.1. The van der Waals surface area contributed by atoms with Crippen molar-refractivity contribution in [2.75, 3.05) is 11.9 Å². The summed E-state index contributed by atoms with van der Waals surface area (Å²) in [5.41, 5.74) is 2.15. The van der Waals surface area contributed by atoms with E-state index in [2.05, 4.69) is 10.3 Å². The molecule has 1 amide bonds. The molecule has 0 aliphatic carbocycles. The minimum Gasteiger partial charge on any atom is -0.504 e. The minimum absolute atomic E-state index is 0.0353. The molecule has 8 heteroatoms. The van der Waals surface area contributed by atoms with E-state index in [4.69, 9.17) is 5.21 Å². The van der Waals surface area contributed by atoms with Gasteiger partial charge in [0.1, 0.15) is 0 Å². The van der Waals surface area contributed by atoms with Gasteiger partial charge in [0.15, 0.2) is 17.2 Å². The van der Waals surface area contributed by atoms with E-state index >= 15 is 0 Å². The molecule has 0 radical (unpaired) electrons. The van der Waals surface area contributed by atoms with Gasteiger partial charge in [0, 0.05) is 6.20 Å². The molecule has 0 saturated heterocycles. The molecule has 2 aromatic rings. The second kappa shape index (κ2) is 4.90. The zero-order valence-electron chi connectivity index (χ0n) is 9.29. The van der Waals surface area contributed by atoms with E-state index in [0.717, 1.165) is 0 Å². The van der Waals surface area contributed by atoms with Crippen molar-refractivity contribution in [1.82, 2.24) is 14.9 Å². The Morgan fingerprint density at radius 2 is 2.28 bits per heavy atom. The third-order valence-electron chi connectivity index (χ3n) is 2.42. The molecule has 0 aliphatic rings. The van der Waals surface area contributed by atoms with Crippen molar-refractivity contribution in [3.05, 3.63) is 24.0 Å². The van der Waals surface area contributed by atoms with Gasteiger partial charge in [0.05, 0.1) is 18.8 Å². The highest BCUT2D eigenvalue weighted by Gasteiger charge is 2.14. The van der Waals surface area contributed by atoms with E-state index in [0.29, 0.717) is 5.69 Å². The summed E-state index contributed by atoms with van der Waals surface area (Å²) in [6.45, 7) is -0.512. The van der Waals surface area contributed by atoms with Crippen molar-refractivity contribution in [2.24, 2.45) is 0 Å². The largest absolute Gasteiger partial charge is 0.504 e. The Kier molecular flexibility index (Phi) is 3.31. The Morgan fingerprint density at radius 1 is 1.50 bits per heavy atom. The van der Waals surface area contributed by atoms with Crippen molar-refractivity contribution in [1.29, 1.82) is 0 Å². The van der Waals surface area contributed by atoms with Crippen LogP contribution in [0.3, 0.4) is 0 Å². The summed E-state index contributed by atoms with van der Waals surface area (Å²) in [5, 5.41) is 29.9. The monoisotopic (exact) mass is 252 g/mol. The summed E-state index contributed by atoms with van der Waals surface area (Å²) in [6.07, 6.45) is 1.63. The number of carbonyl (C=O) groups is 1. The fraction of sp³-hybridized carbons (Fsp3) is 0.200. The van der Waals surface area contributed by atoms with Gasteiger partial charge in [-0.15, -0.1) is 0 Å². The number of hydroxylamine groups is 1. The fourth-order valence-electron chi connectivity index (χ4n) is 1.60. The van der Waals surface area contributed by atoms with Crippen LogP contribution in [-0.2, 0) is 11.4 Å². The Morgan fingerprint density at radius 3 is 2.94 bits per heavy atom. The van der Waals surface area contributed by atoms with E-state index in [9.17, 15) is 15.0 Å². The van der Waals surface area contributed by atoms with Crippen LogP contribution < -0.4 is 10.8 Å². The molecule has 0 bridgehead atoms. The quantitative estimate of drug-likeness (QED) is 0.368. The highest BCUT2D eigenvalue weighted by Crippen LogP contribution is 2.23. The molecule has 2 heterocycles. The number of imidazole rings is 1. The molecule has 18 heavy (non-hydrogen) atoms. The molecule has 8 nitrogen and oxygen atoms in total. The molecule has 5 N–H and O–H groups in total. The van der Waals surface area contributed by atoms with Crippen LogP contribution in [0.25, 0.3) is 5.65 Å². The van der Waals surface area contributed by atoms with Crippen LogP contribution in [-0.4, -0.2) is 37.3 Å². The third-order valence-corrected chi connectivity index (χ3v) is 2.42. The Balaban J connectivity index is 2.38. The number of nitrogens with one attached hydrogen (secondary N) is 2. The summed E-state index contributed by atoms with van der Waals surface area (Å²) in [6, 6.07) is 3.07. The molecule has 2 rings (SSSR count). The first-order chi connectivity index (χ1) is 8.67. The van der Waals surface area contributed by atoms with Crippen molar-refractivity contribution >= 4 is 17.4 Å². The lowest BCUT2D eigenvalue weighted by atomic mass is 10.4. The van der Waals surface area contributed by atoms with Crippen LogP contribution in [0.5, 0.6) is 5.75 Å². The number of carbonyl (C=O) groups excluding carboxylic acids is 1. The number of aromatic hydroxyl groups is 1. The first kappa shape index (κ1) is 12.1. The number of fused-ring (bicyclic) bond motifs is 1. The van der Waals surface area contributed by atoms with Gasteiger partial charge in [-0.25, -0.2) is 10.5 Å². The Bertz CT molecular complexity index is 581. The number of anilines is 1. The van der Waals surface area contributed by atoms with Gasteiger partial charge in [-0.2, -0.15) is 0 Å². The molecule has 0 aromatic carbocycles. The number of rotatable bonds is 4. The van der Waals surface area contributed by atoms with Crippen LogP contribution in [0.15, 0.2) is 18.3 Å². The number of aliphatic hydroxyl groups excluding tert-OH is 1. The van der Waals surface area contributed by atoms with Crippen LogP contribution in [0, 0.1) is 0 Å². The maximum Gasteiger partial charge on any atom is 0.262 e. The van der Waals surface area contributed by atoms with E-state index in [-0.39, 0.29) is 30.4 Å². The van der Waals surface area contributed by atoms with Crippen molar-refractivity contribution in [3.63, 3.8) is 0 Å². The topological polar surface area (TPSA) is 119 Å². The molecule has 2 aromatic heterocycles. The van der Waals surface area contributed by atoms with Crippen molar-refractivity contribution in [3.8, 4) is 5.75 Å². The van der Waals surface area contributed by atoms with E-state index in [1.807, 2.05) is 0 Å². The Hall–Kier alpha value is -2.32. The summed E-state index contributed by atoms with van der Waals surface area (Å²) in [4.78, 5) is 15.0. The van der Waals surface area contributed by atoms with Crippen LogP contribution in [0.4, 0.5) is 5.82 Å². The average molecular weight is 252 g/mol. The highest BCUT2D eigenvalue weighted by molar-refractivity contribution is 5.79. The maximum absolute atomic E-state index is 10.9. The van der Waals surface area contributed by atoms with Gasteiger partial charge in [-0.3, -0.25) is 14.4 Å². The summed E-state index contributed by atoms with van der Waals surface area (Å²) < 4.78 is 1.51. The number of pyridine rings is 1. The van der Waals surface area contributed by atoms with Crippen LogP contribution in [0.2, 0.25) is 0 Å². The molecular weight excluding hydrogens is 240 g/mol. The first-order valence-electron chi connectivity index (χ1n) is 5.14. The number of aromatic nitrogens is 2. The summed E-state index contributed by atoms with van der Waals surface area (Å²) >= 11 is 0. The zero-order valence-corrected chi connectivity index (χ0v) is 9.29. The third kappa shape index (κ3) is 2.06. The predicted molar refractivity (Wildman–Crippen MR) is 61.2 cm³/mol. The summed E-state index contributed by atoms with van der Waals surface area (Å²) in [7, 11) is 0. The average Bonchev–Trinajstić information content (AvgIpc) is 2.75. The first-order valence-corrected chi connectivity index (χ1v) is 5.14. The SMILES string of the molecule is O=C(CNc1nc2c(O)cccn2c1CO)NO. The number of hydrogen-bond donors (Lipinski definition) is 5. The molecule has 0 fully saturated rings. The lowest BCUT2D eigenvalue weighted by Gasteiger charge is -2.03. The standard InChI is InChI=1S/C10H12N4O4/c15-5-6-9(11-4-8(17)13-18)12-10-7(16)2-1-3-14(6)10/h1-3,11,15-16,18H,4-5H2,(H,13,17). The van der Waals surface area contributed by atoms with Gasteiger partial charge in [0.2, 0.25) is 0 Å². The molecule has 0 saturated carbocycles. The number of aliphatic hydroxyl groups is 1. The lowest BCUT2D eigenvalue weighted by molar-refractivity contribution is -0.127. The van der Waals surface area contributed by atoms with Gasteiger partial charge >= 0.3 is 0 Å². The molecule has 0 spiro atoms. The van der Waals surface area contributed by atoms with Crippen LogP contribution in [0.1, 0.15) is 5.69 Å². The molecule has 96 valence electrons. The number of hydrogen-bond acceptors (Lipinski definition) is 6. The van der Waals surface area contributed by atoms with Crippen molar-refractivity contribution < 1.29 is 20.2 Å². The number of amides is 1. The molecule has 0 unspecified atom stereocenters. The second-order valence-electron chi connectivity index (χ2n) is 3.54. The van der Waals surface area contributed by atoms with E-state index in [1.54, 1.807) is 12.3 Å². The van der Waals surface area contributed by atoms with Gasteiger partial charge in [0.25, 0.3) is 5.91 Å². The maximum atomic E-state index is 10.9. The predicted octanol–water partition coefficient (Wildman–Crippen LogP) is -0.551. The van der Waals surface area contributed by atoms with Gasteiger partial charge < -0.3 is 15.5 Å². The fourth-order valence-corrected chi connectivity index (χ4v) is 1.60. The summed E-state index contributed by atoms with van der Waals surface area (Å²) in [5.74, 6) is -0.408. The van der Waals surface area contributed by atoms with Crippen LogP contribution >= 0.6 is 0 Å². The number of nitrogens with zero attached hydrogens (tertiary/aromatic N) is 2. The molecule has 0 atom stereocenters. The van der Waals surface area contributed by atoms with Gasteiger partial charge in [-0.05, 0) is 12.1 Å². The Labute approximate surface area is 101 Å². The normalized spacial score (nSPS) is 10.6. The van der Waals surface area contributed by atoms with E-state index in [1.165, 1.54) is 15.9 Å². The molecular formula is C10H12N4O4. The second-order valence-corrected chi connectivity index (χ2v) is 3.54. The molecule has 0 aliphatic heterocycles.